The number of alkyl carbamates (subject to hydrolysis) is 1. The highest BCUT2D eigenvalue weighted by Gasteiger charge is 2.50. The number of carbonyl (C=O) groups excluding carboxylic acids is 1. The fraction of sp³-hybridized carbons (Fsp3) is 0.700. The molecule has 10 heteroatoms. The molecule has 4 rings (SSSR count). The van der Waals surface area contributed by atoms with Crippen LogP contribution in [0.25, 0.3) is 5.65 Å². The van der Waals surface area contributed by atoms with E-state index >= 15 is 0 Å². The fourth-order valence-electron chi connectivity index (χ4n) is 4.46. The number of aryl methyl sites for hydroxylation is 1. The first kappa shape index (κ1) is 21.3. The number of hydrogen-bond donors (Lipinski definition) is 1. The Bertz CT molecular complexity index is 948. The average molecular weight is 481 g/mol. The zero-order chi connectivity index (χ0) is 21.7. The Balaban J connectivity index is 1.51. The van der Waals surface area contributed by atoms with Crippen molar-refractivity contribution in [1.29, 1.82) is 0 Å². The van der Waals surface area contributed by atoms with Gasteiger partial charge in [0.05, 0.1) is 28.9 Å². The van der Waals surface area contributed by atoms with Crippen LogP contribution in [0.2, 0.25) is 0 Å². The van der Waals surface area contributed by atoms with Gasteiger partial charge in [-0.2, -0.15) is 0 Å². The summed E-state index contributed by atoms with van der Waals surface area (Å²) in [6.45, 7) is 11.8. The molecule has 2 saturated heterocycles. The van der Waals surface area contributed by atoms with E-state index in [9.17, 15) is 4.79 Å². The van der Waals surface area contributed by atoms with Crippen LogP contribution in [0.5, 0.6) is 0 Å². The van der Waals surface area contributed by atoms with Gasteiger partial charge in [-0.05, 0) is 63.4 Å². The Morgan fingerprint density at radius 2 is 2.07 bits per heavy atom. The van der Waals surface area contributed by atoms with Crippen molar-refractivity contribution in [2.75, 3.05) is 24.6 Å². The van der Waals surface area contributed by atoms with Crippen LogP contribution in [-0.2, 0) is 9.47 Å². The Morgan fingerprint density at radius 3 is 2.73 bits per heavy atom. The largest absolute Gasteiger partial charge is 0.444 e. The maximum absolute atomic E-state index is 12.4. The quantitative estimate of drug-likeness (QED) is 0.705. The summed E-state index contributed by atoms with van der Waals surface area (Å²) >= 11 is 3.55. The van der Waals surface area contributed by atoms with Crippen molar-refractivity contribution in [2.45, 2.75) is 65.2 Å². The summed E-state index contributed by atoms with van der Waals surface area (Å²) in [7, 11) is 0. The standard InChI is InChI=1S/C20H29BrN6O3/c1-12-14(21)16-25-22-11-27(16)17(23-12)26-8-6-20(7-9-26)10-29-13(2)15(20)24-18(28)30-19(3,4)5/h11,13,15H,6-10H2,1-5H3,(H,24,28)/t13-,15+/m0/s1. The van der Waals surface area contributed by atoms with Crippen LogP contribution < -0.4 is 10.2 Å². The van der Waals surface area contributed by atoms with Crippen molar-refractivity contribution < 1.29 is 14.3 Å². The lowest BCUT2D eigenvalue weighted by Crippen LogP contribution is -2.55. The third-order valence-electron chi connectivity index (χ3n) is 6.02. The molecular formula is C20H29BrN6O3. The maximum Gasteiger partial charge on any atom is 0.407 e. The molecule has 0 unspecified atom stereocenters. The molecule has 164 valence electrons. The fourth-order valence-corrected chi connectivity index (χ4v) is 4.82. The normalized spacial score (nSPS) is 23.9. The van der Waals surface area contributed by atoms with Crippen LogP contribution >= 0.6 is 15.9 Å². The number of hydrogen-bond acceptors (Lipinski definition) is 7. The zero-order valence-electron chi connectivity index (χ0n) is 18.1. The molecule has 0 bridgehead atoms. The van der Waals surface area contributed by atoms with Crippen molar-refractivity contribution in [3.8, 4) is 0 Å². The predicted octanol–water partition coefficient (Wildman–Crippen LogP) is 3.09. The first-order chi connectivity index (χ1) is 14.1. The molecule has 0 saturated carbocycles. The van der Waals surface area contributed by atoms with E-state index in [1.54, 1.807) is 6.33 Å². The Hall–Kier alpha value is -1.94. The molecule has 9 nitrogen and oxygen atoms in total. The zero-order valence-corrected chi connectivity index (χ0v) is 19.7. The average Bonchev–Trinajstić information content (AvgIpc) is 3.26. The Kier molecular flexibility index (Phi) is 5.42. The number of halogens is 1. The van der Waals surface area contributed by atoms with E-state index in [1.165, 1.54) is 0 Å². The second-order valence-electron chi connectivity index (χ2n) is 9.33. The van der Waals surface area contributed by atoms with Crippen LogP contribution in [0, 0.1) is 12.3 Å². The minimum atomic E-state index is -0.529. The van der Waals surface area contributed by atoms with Gasteiger partial charge >= 0.3 is 6.09 Å². The number of ether oxygens (including phenoxy) is 2. The minimum Gasteiger partial charge on any atom is -0.444 e. The Labute approximate surface area is 184 Å². The van der Waals surface area contributed by atoms with Crippen LogP contribution in [0.15, 0.2) is 10.8 Å². The van der Waals surface area contributed by atoms with Gasteiger partial charge in [0, 0.05) is 18.5 Å². The molecule has 2 aliphatic rings. The van der Waals surface area contributed by atoms with Crippen LogP contribution in [0.4, 0.5) is 10.7 Å². The number of aromatic nitrogens is 4. The highest BCUT2D eigenvalue weighted by atomic mass is 79.9. The number of anilines is 1. The molecule has 0 aromatic carbocycles. The topological polar surface area (TPSA) is 93.9 Å². The van der Waals surface area contributed by atoms with Gasteiger partial charge < -0.3 is 19.7 Å². The van der Waals surface area contributed by atoms with E-state index in [0.717, 1.165) is 47.7 Å². The lowest BCUT2D eigenvalue weighted by Gasteiger charge is -2.43. The summed E-state index contributed by atoms with van der Waals surface area (Å²) < 4.78 is 14.3. The summed E-state index contributed by atoms with van der Waals surface area (Å²) in [6.07, 6.45) is 3.03. The molecule has 30 heavy (non-hydrogen) atoms. The molecule has 1 N–H and O–H groups in total. The molecule has 0 aliphatic carbocycles. The van der Waals surface area contributed by atoms with Crippen LogP contribution in [0.3, 0.4) is 0 Å². The highest BCUT2D eigenvalue weighted by Crippen LogP contribution is 2.43. The first-order valence-corrected chi connectivity index (χ1v) is 11.1. The molecule has 2 aliphatic heterocycles. The van der Waals surface area contributed by atoms with Crippen molar-refractivity contribution >= 4 is 33.6 Å². The minimum absolute atomic E-state index is 0.0540. The Morgan fingerprint density at radius 1 is 1.37 bits per heavy atom. The van der Waals surface area contributed by atoms with E-state index in [0.29, 0.717) is 6.61 Å². The van der Waals surface area contributed by atoms with Gasteiger partial charge in [0.25, 0.3) is 0 Å². The van der Waals surface area contributed by atoms with Gasteiger partial charge in [-0.3, -0.25) is 0 Å². The van der Waals surface area contributed by atoms with Crippen molar-refractivity contribution in [1.82, 2.24) is 24.9 Å². The highest BCUT2D eigenvalue weighted by molar-refractivity contribution is 9.10. The number of nitrogens with one attached hydrogen (secondary N) is 1. The van der Waals surface area contributed by atoms with Crippen molar-refractivity contribution in [3.63, 3.8) is 0 Å². The lowest BCUT2D eigenvalue weighted by atomic mass is 9.73. The van der Waals surface area contributed by atoms with Gasteiger partial charge in [0.15, 0.2) is 5.65 Å². The molecule has 2 atom stereocenters. The number of amides is 1. The summed E-state index contributed by atoms with van der Waals surface area (Å²) in [6, 6.07) is -0.0796. The molecule has 1 spiro atoms. The summed E-state index contributed by atoms with van der Waals surface area (Å²) in [5.41, 5.74) is 1.01. The van der Waals surface area contributed by atoms with Gasteiger partial charge in [-0.25, -0.2) is 14.2 Å². The third-order valence-corrected chi connectivity index (χ3v) is 6.95. The van der Waals surface area contributed by atoms with Gasteiger partial charge in [-0.1, -0.05) is 0 Å². The van der Waals surface area contributed by atoms with E-state index in [2.05, 4.69) is 36.3 Å². The second-order valence-corrected chi connectivity index (χ2v) is 10.1. The maximum atomic E-state index is 12.4. The van der Waals surface area contributed by atoms with Crippen LogP contribution in [0.1, 0.15) is 46.2 Å². The summed E-state index contributed by atoms with van der Waals surface area (Å²) in [5.74, 6) is 0.842. The monoisotopic (exact) mass is 480 g/mol. The summed E-state index contributed by atoms with van der Waals surface area (Å²) in [4.78, 5) is 19.5. The number of nitrogens with zero attached hydrogens (tertiary/aromatic N) is 5. The molecule has 4 heterocycles. The lowest BCUT2D eigenvalue weighted by molar-refractivity contribution is 0.0434. The van der Waals surface area contributed by atoms with Gasteiger partial charge in [-0.15, -0.1) is 10.2 Å². The van der Waals surface area contributed by atoms with Crippen molar-refractivity contribution in [3.05, 3.63) is 16.5 Å². The van der Waals surface area contributed by atoms with E-state index < -0.39 is 5.60 Å². The number of rotatable bonds is 2. The SMILES string of the molecule is Cc1nc(N2CCC3(CC2)CO[C@@H](C)[C@H]3NC(=O)OC(C)(C)C)n2cnnc2c1Br. The summed E-state index contributed by atoms with van der Waals surface area (Å²) in [5, 5.41) is 11.3. The molecule has 1 amide bonds. The van der Waals surface area contributed by atoms with Crippen LogP contribution in [-0.4, -0.2) is 63.1 Å². The van der Waals surface area contributed by atoms with Gasteiger partial charge in [0.2, 0.25) is 5.95 Å². The molecule has 2 aromatic heterocycles. The third kappa shape index (κ3) is 3.87. The predicted molar refractivity (Wildman–Crippen MR) is 116 cm³/mol. The molecule has 2 aromatic rings. The van der Waals surface area contributed by atoms with E-state index in [4.69, 9.17) is 14.5 Å². The number of piperidine rings is 1. The van der Waals surface area contributed by atoms with Crippen molar-refractivity contribution in [2.24, 2.45) is 5.41 Å². The first-order valence-electron chi connectivity index (χ1n) is 10.3. The second kappa shape index (κ2) is 7.64. The van der Waals surface area contributed by atoms with E-state index in [-0.39, 0.29) is 23.7 Å². The smallest absolute Gasteiger partial charge is 0.407 e. The molecule has 2 fully saturated rings. The molecule has 0 radical (unpaired) electrons. The van der Waals surface area contributed by atoms with Gasteiger partial charge in [0.1, 0.15) is 11.9 Å². The number of fused-ring (bicyclic) bond motifs is 1. The number of carbonyl (C=O) groups is 1. The molecular weight excluding hydrogens is 452 g/mol. The van der Waals surface area contributed by atoms with E-state index in [1.807, 2.05) is 39.0 Å².